The fourth-order valence-corrected chi connectivity index (χ4v) is 9.23. The lowest BCUT2D eigenvalue weighted by Crippen LogP contribution is -2.56. The summed E-state index contributed by atoms with van der Waals surface area (Å²) in [6.45, 7) is 3.03. The van der Waals surface area contributed by atoms with E-state index < -0.39 is 88.3 Å². The number of thiazole rings is 1. The molecule has 2 fully saturated rings. The van der Waals surface area contributed by atoms with E-state index in [1.54, 1.807) is 6.07 Å². The summed E-state index contributed by atoms with van der Waals surface area (Å²) in [6.07, 6.45) is -3.14. The number of benzene rings is 2. The smallest absolute Gasteiger partial charge is 0.378 e. The Hall–Kier alpha value is -5.47. The van der Waals surface area contributed by atoms with Gasteiger partial charge in [-0.3, -0.25) is 19.2 Å². The van der Waals surface area contributed by atoms with Gasteiger partial charge in [-0.2, -0.15) is 32.0 Å². The molecule has 2 aliphatic heterocycles. The number of hydrogen-bond acceptors (Lipinski definition) is 9. The Balaban J connectivity index is 1.13. The number of nitrogens with two attached hydrogens (primary N) is 1. The highest BCUT2D eigenvalue weighted by molar-refractivity contribution is 7.22. The molecule has 0 radical (unpaired) electrons. The van der Waals surface area contributed by atoms with Gasteiger partial charge < -0.3 is 20.7 Å². The van der Waals surface area contributed by atoms with Crippen LogP contribution in [0.25, 0.3) is 21.5 Å². The number of allylic oxidation sites excluding steroid dienone is 2. The zero-order chi connectivity index (χ0) is 41.5. The van der Waals surface area contributed by atoms with Crippen molar-refractivity contribution < 1.29 is 49.4 Å². The summed E-state index contributed by atoms with van der Waals surface area (Å²) in [5, 5.41) is 6.70. The largest absolute Gasteiger partial charge is 0.435 e. The molecule has 20 heteroatoms. The predicted octanol–water partition coefficient (Wildman–Crippen LogP) is 6.09. The SMILES string of the molecule is NC(=O)c1cc(-c2cc3sc(N4CCN(C5COC5)CC4)nc3nc2[C@H](Cc2cc(F)cc(F)c2)NC(=O)Cn2nc(C(F)(F)F)c3c2C(F)(F)[C@@H]2C=C[C@H]32)ccc1F. The number of rotatable bonds is 10. The summed E-state index contributed by atoms with van der Waals surface area (Å²) in [7, 11) is 0. The number of primary amides is 1. The highest BCUT2D eigenvalue weighted by atomic mass is 32.1. The molecule has 3 N–H and O–H groups in total. The summed E-state index contributed by atoms with van der Waals surface area (Å²) in [5.74, 6) is -11.6. The molecule has 2 amide bonds. The van der Waals surface area contributed by atoms with E-state index in [9.17, 15) is 35.9 Å². The molecule has 0 bridgehead atoms. The van der Waals surface area contributed by atoms with E-state index in [2.05, 4.69) is 20.2 Å². The Labute approximate surface area is 333 Å². The summed E-state index contributed by atoms with van der Waals surface area (Å²) < 4.78 is 124. The minimum atomic E-state index is -5.11. The maximum Gasteiger partial charge on any atom is 0.435 e. The third kappa shape index (κ3) is 6.99. The number of hydrogen-bond donors (Lipinski definition) is 2. The molecule has 11 nitrogen and oxygen atoms in total. The van der Waals surface area contributed by atoms with Crippen molar-refractivity contribution in [2.24, 2.45) is 11.7 Å². The first-order chi connectivity index (χ1) is 28.0. The zero-order valence-corrected chi connectivity index (χ0v) is 31.4. The molecule has 3 aromatic heterocycles. The molecule has 5 heterocycles. The van der Waals surface area contributed by atoms with Crippen LogP contribution in [0, 0.1) is 23.4 Å². The fraction of sp³-hybridized carbons (Fsp3) is 0.359. The molecule has 5 aromatic rings. The summed E-state index contributed by atoms with van der Waals surface area (Å²) in [5.41, 5.74) is 2.34. The van der Waals surface area contributed by atoms with Crippen LogP contribution in [0.3, 0.4) is 0 Å². The van der Waals surface area contributed by atoms with Crippen molar-refractivity contribution in [3.8, 4) is 11.1 Å². The number of carbonyl (C=O) groups excluding carboxylic acids is 2. The van der Waals surface area contributed by atoms with Crippen LogP contribution in [0.1, 0.15) is 50.5 Å². The van der Waals surface area contributed by atoms with E-state index in [1.165, 1.54) is 29.5 Å². The van der Waals surface area contributed by atoms with Crippen molar-refractivity contribution in [1.82, 2.24) is 30.0 Å². The molecule has 2 saturated heterocycles. The number of amides is 2. The molecular weight excluding hydrogens is 813 g/mol. The number of carbonyl (C=O) groups is 2. The molecule has 0 spiro atoms. The number of fused-ring (bicyclic) bond motifs is 4. The number of aromatic nitrogens is 4. The average Bonchev–Trinajstić information content (AvgIpc) is 3.75. The quantitative estimate of drug-likeness (QED) is 0.128. The van der Waals surface area contributed by atoms with Crippen LogP contribution in [0.2, 0.25) is 0 Å². The molecule has 3 atom stereocenters. The molecule has 0 saturated carbocycles. The average molecular weight is 845 g/mol. The van der Waals surface area contributed by atoms with Gasteiger partial charge in [-0.1, -0.05) is 29.6 Å². The van der Waals surface area contributed by atoms with E-state index in [-0.39, 0.29) is 34.5 Å². The van der Waals surface area contributed by atoms with E-state index in [1.807, 2.05) is 0 Å². The standard InChI is InChI=1S/C39H32F8N8O3S/c40-20-9-18(10-21(41)13-20)11-28(49-30(56)15-55-34-31(33(52-55)39(45,46)47)23-2-3-26(23)38(34,43)44)32-24(19-1-4-27(42)25(12-19)35(48)57)14-29-36(50-32)51-37(59-29)54-7-5-53(6-8-54)22-16-58-17-22/h1-4,9-10,12-14,22-23,26,28H,5-8,11,15-17H2,(H2,48,57)(H,49,56)/t23-,26+,28-/m0/s1. The Kier molecular flexibility index (Phi) is 9.50. The first-order valence-electron chi connectivity index (χ1n) is 18.5. The van der Waals surface area contributed by atoms with Crippen molar-refractivity contribution >= 4 is 38.6 Å². The zero-order valence-electron chi connectivity index (χ0n) is 30.6. The minimum Gasteiger partial charge on any atom is -0.378 e. The number of halogens is 8. The maximum absolute atomic E-state index is 15.6. The third-order valence-corrected chi connectivity index (χ3v) is 12.3. The Morgan fingerprint density at radius 3 is 2.34 bits per heavy atom. The Morgan fingerprint density at radius 2 is 1.71 bits per heavy atom. The highest BCUT2D eigenvalue weighted by Crippen LogP contribution is 2.60. The lowest BCUT2D eigenvalue weighted by Gasteiger charge is -2.42. The number of alkyl halides is 5. The number of anilines is 1. The topological polar surface area (TPSA) is 132 Å². The second kappa shape index (κ2) is 14.4. The van der Waals surface area contributed by atoms with Crippen LogP contribution >= 0.6 is 11.3 Å². The molecular formula is C39H32F8N8O3S. The summed E-state index contributed by atoms with van der Waals surface area (Å²) in [6, 6.07) is 6.76. The van der Waals surface area contributed by atoms with Crippen molar-refractivity contribution in [1.29, 1.82) is 0 Å². The van der Waals surface area contributed by atoms with Crippen LogP contribution in [0.4, 0.5) is 40.3 Å². The molecule has 4 aliphatic rings. The first-order valence-corrected chi connectivity index (χ1v) is 19.3. The van der Waals surface area contributed by atoms with Crippen molar-refractivity contribution in [3.63, 3.8) is 0 Å². The lowest BCUT2D eigenvalue weighted by atomic mass is 9.81. The maximum atomic E-state index is 15.6. The molecule has 59 heavy (non-hydrogen) atoms. The van der Waals surface area contributed by atoms with Gasteiger partial charge in [-0.05, 0) is 47.9 Å². The van der Waals surface area contributed by atoms with Crippen molar-refractivity contribution in [2.45, 2.75) is 43.1 Å². The van der Waals surface area contributed by atoms with Crippen LogP contribution in [-0.2, 0) is 34.6 Å². The second-order valence-electron chi connectivity index (χ2n) is 14.9. The molecule has 0 unspecified atom stereocenters. The molecule has 308 valence electrons. The van der Waals surface area contributed by atoms with Gasteiger partial charge in [0, 0.05) is 49.3 Å². The number of piperazine rings is 1. The monoisotopic (exact) mass is 844 g/mol. The van der Waals surface area contributed by atoms with E-state index >= 15 is 8.78 Å². The lowest BCUT2D eigenvalue weighted by molar-refractivity contribution is -0.142. The predicted molar refractivity (Wildman–Crippen MR) is 197 cm³/mol. The van der Waals surface area contributed by atoms with Gasteiger partial charge in [0.1, 0.15) is 29.7 Å². The van der Waals surface area contributed by atoms with E-state index in [0.29, 0.717) is 52.9 Å². The van der Waals surface area contributed by atoms with E-state index in [0.717, 1.165) is 37.4 Å². The van der Waals surface area contributed by atoms with Crippen LogP contribution < -0.4 is 16.0 Å². The van der Waals surface area contributed by atoms with Crippen molar-refractivity contribution in [3.05, 3.63) is 106 Å². The van der Waals surface area contributed by atoms with Gasteiger partial charge in [0.15, 0.2) is 16.5 Å². The van der Waals surface area contributed by atoms with Gasteiger partial charge >= 0.3 is 6.18 Å². The number of nitrogens with zero attached hydrogens (tertiary/aromatic N) is 6. The fourth-order valence-electron chi connectivity index (χ4n) is 8.23. The summed E-state index contributed by atoms with van der Waals surface area (Å²) in [4.78, 5) is 40.2. The third-order valence-electron chi connectivity index (χ3n) is 11.2. The Morgan fingerprint density at radius 1 is 0.983 bits per heavy atom. The number of ether oxygens (including phenoxy) is 1. The first kappa shape index (κ1) is 39.0. The van der Waals surface area contributed by atoms with Gasteiger partial charge in [-0.25, -0.2) is 18.2 Å². The molecule has 2 aliphatic carbocycles. The Bertz CT molecular complexity index is 2530. The van der Waals surface area contributed by atoms with E-state index in [4.69, 9.17) is 20.4 Å². The van der Waals surface area contributed by atoms with Crippen LogP contribution in [0.15, 0.2) is 54.6 Å². The van der Waals surface area contributed by atoms with Gasteiger partial charge in [0.25, 0.3) is 11.8 Å². The normalized spacial score (nSPS) is 20.6. The number of nitrogens with one attached hydrogen (secondary N) is 1. The molecule has 2 aromatic carbocycles. The van der Waals surface area contributed by atoms with Crippen molar-refractivity contribution in [2.75, 3.05) is 44.3 Å². The second-order valence-corrected chi connectivity index (χ2v) is 15.9. The van der Waals surface area contributed by atoms with Crippen LogP contribution in [-0.4, -0.2) is 81.9 Å². The number of pyridine rings is 1. The summed E-state index contributed by atoms with van der Waals surface area (Å²) >= 11 is 1.30. The highest BCUT2D eigenvalue weighted by Gasteiger charge is 2.61. The van der Waals surface area contributed by atoms with Crippen LogP contribution in [0.5, 0.6) is 0 Å². The van der Waals surface area contributed by atoms with Gasteiger partial charge in [0.05, 0.1) is 47.2 Å². The van der Waals surface area contributed by atoms with Gasteiger partial charge in [0.2, 0.25) is 5.91 Å². The molecule has 9 rings (SSSR count). The minimum absolute atomic E-state index is 0.00144. The van der Waals surface area contributed by atoms with Gasteiger partial charge in [-0.15, -0.1) is 0 Å².